The highest BCUT2D eigenvalue weighted by molar-refractivity contribution is 5.80. The third-order valence-electron chi connectivity index (χ3n) is 2.42. The number of hydrogen-bond acceptors (Lipinski definition) is 3. The SMILES string of the molecule is CC1=CC(C(=O)O)(n2nccn2)CC=C1. The molecule has 1 aromatic heterocycles. The summed E-state index contributed by atoms with van der Waals surface area (Å²) in [6.07, 6.45) is 8.72. The molecule has 1 aliphatic rings. The summed E-state index contributed by atoms with van der Waals surface area (Å²) in [5.74, 6) is -0.942. The number of carboxylic acids is 1. The van der Waals surface area contributed by atoms with Crippen molar-refractivity contribution in [3.63, 3.8) is 0 Å². The first-order chi connectivity index (χ1) is 7.15. The largest absolute Gasteiger partial charge is 0.479 e. The number of rotatable bonds is 2. The second kappa shape index (κ2) is 3.34. The highest BCUT2D eigenvalue weighted by Crippen LogP contribution is 2.27. The number of nitrogens with zero attached hydrogens (tertiary/aromatic N) is 3. The summed E-state index contributed by atoms with van der Waals surface area (Å²) in [6, 6.07) is 0. The van der Waals surface area contributed by atoms with Crippen molar-refractivity contribution in [3.8, 4) is 0 Å². The van der Waals surface area contributed by atoms with Crippen LogP contribution in [-0.2, 0) is 10.3 Å². The van der Waals surface area contributed by atoms with Crippen LogP contribution in [0, 0.1) is 0 Å². The summed E-state index contributed by atoms with van der Waals surface area (Å²) < 4.78 is 0. The smallest absolute Gasteiger partial charge is 0.337 e. The van der Waals surface area contributed by atoms with Crippen LogP contribution in [0.2, 0.25) is 0 Å². The molecule has 0 saturated heterocycles. The van der Waals surface area contributed by atoms with Gasteiger partial charge in [-0.25, -0.2) is 4.79 Å². The third kappa shape index (κ3) is 1.45. The van der Waals surface area contributed by atoms with Crippen LogP contribution in [0.5, 0.6) is 0 Å². The van der Waals surface area contributed by atoms with Crippen LogP contribution in [0.25, 0.3) is 0 Å². The van der Waals surface area contributed by atoms with Crippen LogP contribution < -0.4 is 0 Å². The number of aromatic nitrogens is 3. The predicted octanol–water partition coefficient (Wildman–Crippen LogP) is 0.964. The normalized spacial score (nSPS) is 25.0. The van der Waals surface area contributed by atoms with Crippen molar-refractivity contribution in [1.82, 2.24) is 15.0 Å². The van der Waals surface area contributed by atoms with Crippen LogP contribution in [0.4, 0.5) is 0 Å². The Hall–Kier alpha value is -1.91. The average molecular weight is 205 g/mol. The summed E-state index contributed by atoms with van der Waals surface area (Å²) in [5, 5.41) is 17.1. The van der Waals surface area contributed by atoms with Gasteiger partial charge in [-0.3, -0.25) is 0 Å². The topological polar surface area (TPSA) is 68.0 Å². The molecule has 0 radical (unpaired) electrons. The maximum absolute atomic E-state index is 11.3. The van der Waals surface area contributed by atoms with Crippen molar-refractivity contribution in [1.29, 1.82) is 0 Å². The van der Waals surface area contributed by atoms with Gasteiger partial charge in [0.1, 0.15) is 0 Å². The average Bonchev–Trinajstić information content (AvgIpc) is 2.70. The van der Waals surface area contributed by atoms with Crippen molar-refractivity contribution in [2.24, 2.45) is 0 Å². The quantitative estimate of drug-likeness (QED) is 0.780. The molecule has 1 aliphatic carbocycles. The molecule has 0 saturated carbocycles. The maximum atomic E-state index is 11.3. The Morgan fingerprint density at radius 1 is 1.53 bits per heavy atom. The lowest BCUT2D eigenvalue weighted by Crippen LogP contribution is -2.42. The Morgan fingerprint density at radius 2 is 2.20 bits per heavy atom. The van der Waals surface area contributed by atoms with Gasteiger partial charge in [0.2, 0.25) is 5.54 Å². The lowest BCUT2D eigenvalue weighted by Gasteiger charge is -2.26. The minimum atomic E-state index is -1.16. The second-order valence-corrected chi connectivity index (χ2v) is 3.54. The predicted molar refractivity (Wildman–Crippen MR) is 53.1 cm³/mol. The molecule has 1 heterocycles. The van der Waals surface area contributed by atoms with Crippen LogP contribution in [0.15, 0.2) is 36.2 Å². The number of aliphatic carboxylic acids is 1. The molecular weight excluding hydrogens is 194 g/mol. The molecule has 1 aromatic rings. The highest BCUT2D eigenvalue weighted by Gasteiger charge is 2.40. The first-order valence-corrected chi connectivity index (χ1v) is 4.61. The van der Waals surface area contributed by atoms with Gasteiger partial charge in [0, 0.05) is 6.42 Å². The van der Waals surface area contributed by atoms with Crippen LogP contribution in [0.3, 0.4) is 0 Å². The van der Waals surface area contributed by atoms with Crippen LogP contribution >= 0.6 is 0 Å². The minimum Gasteiger partial charge on any atom is -0.479 e. The van der Waals surface area contributed by atoms with Gasteiger partial charge < -0.3 is 5.11 Å². The lowest BCUT2D eigenvalue weighted by molar-refractivity contribution is -0.145. The van der Waals surface area contributed by atoms with E-state index < -0.39 is 11.5 Å². The van der Waals surface area contributed by atoms with Gasteiger partial charge in [0.25, 0.3) is 0 Å². The number of hydrogen-bond donors (Lipinski definition) is 1. The first-order valence-electron chi connectivity index (χ1n) is 4.61. The maximum Gasteiger partial charge on any atom is 0.337 e. The number of carbonyl (C=O) groups is 1. The molecule has 0 bridgehead atoms. The van der Waals surface area contributed by atoms with E-state index in [1.165, 1.54) is 17.2 Å². The Morgan fingerprint density at radius 3 is 2.73 bits per heavy atom. The zero-order valence-corrected chi connectivity index (χ0v) is 8.29. The van der Waals surface area contributed by atoms with Crippen LogP contribution in [0.1, 0.15) is 13.3 Å². The Bertz CT molecular complexity index is 434. The van der Waals surface area contributed by atoms with Crippen molar-refractivity contribution in [2.45, 2.75) is 18.9 Å². The molecular formula is C10H11N3O2. The Balaban J connectivity index is 2.52. The van der Waals surface area contributed by atoms with E-state index in [2.05, 4.69) is 10.2 Å². The molecule has 0 aromatic carbocycles. The summed E-state index contributed by atoms with van der Waals surface area (Å²) in [5.41, 5.74) is -0.261. The van der Waals surface area contributed by atoms with Gasteiger partial charge >= 0.3 is 5.97 Å². The van der Waals surface area contributed by atoms with Crippen molar-refractivity contribution in [3.05, 3.63) is 36.2 Å². The molecule has 1 atom stereocenters. The molecule has 2 rings (SSSR count). The van der Waals surface area contributed by atoms with Gasteiger partial charge in [-0.15, -0.1) is 0 Å². The molecule has 0 fully saturated rings. The van der Waals surface area contributed by atoms with E-state index in [1.807, 2.05) is 19.1 Å². The van der Waals surface area contributed by atoms with E-state index in [4.69, 9.17) is 0 Å². The standard InChI is InChI=1S/C10H11N3O2/c1-8-3-2-4-10(7-8,9(14)15)13-11-5-6-12-13/h2-3,5-7H,4H2,1H3,(H,14,15). The van der Waals surface area contributed by atoms with Crippen molar-refractivity contribution < 1.29 is 9.90 Å². The molecule has 0 aliphatic heterocycles. The molecule has 78 valence electrons. The summed E-state index contributed by atoms with van der Waals surface area (Å²) in [4.78, 5) is 12.6. The zero-order chi connectivity index (χ0) is 10.9. The molecule has 1 unspecified atom stereocenters. The van der Waals surface area contributed by atoms with E-state index in [0.29, 0.717) is 6.42 Å². The van der Waals surface area contributed by atoms with Crippen LogP contribution in [-0.4, -0.2) is 26.1 Å². The second-order valence-electron chi connectivity index (χ2n) is 3.54. The van der Waals surface area contributed by atoms with Crippen molar-refractivity contribution in [2.75, 3.05) is 0 Å². The van der Waals surface area contributed by atoms with Gasteiger partial charge in [0.15, 0.2) is 0 Å². The molecule has 5 nitrogen and oxygen atoms in total. The van der Waals surface area contributed by atoms with Crippen molar-refractivity contribution >= 4 is 5.97 Å². The Kier molecular flexibility index (Phi) is 2.15. The van der Waals surface area contributed by atoms with E-state index in [1.54, 1.807) is 6.08 Å². The highest BCUT2D eigenvalue weighted by atomic mass is 16.4. The van der Waals surface area contributed by atoms with E-state index in [0.717, 1.165) is 5.57 Å². The zero-order valence-electron chi connectivity index (χ0n) is 8.29. The summed E-state index contributed by atoms with van der Waals surface area (Å²) in [7, 11) is 0. The van der Waals surface area contributed by atoms with E-state index in [-0.39, 0.29) is 0 Å². The lowest BCUT2D eigenvalue weighted by atomic mass is 9.89. The fourth-order valence-electron chi connectivity index (χ4n) is 1.70. The number of carboxylic acid groups (broad SMARTS) is 1. The molecule has 5 heteroatoms. The molecule has 0 amide bonds. The summed E-state index contributed by atoms with van der Waals surface area (Å²) >= 11 is 0. The summed E-state index contributed by atoms with van der Waals surface area (Å²) in [6.45, 7) is 1.86. The fraction of sp³-hybridized carbons (Fsp3) is 0.300. The Labute approximate surface area is 86.7 Å². The molecule has 15 heavy (non-hydrogen) atoms. The van der Waals surface area contributed by atoms with Gasteiger partial charge in [-0.1, -0.05) is 17.7 Å². The van der Waals surface area contributed by atoms with E-state index >= 15 is 0 Å². The van der Waals surface area contributed by atoms with E-state index in [9.17, 15) is 9.90 Å². The van der Waals surface area contributed by atoms with Gasteiger partial charge in [0.05, 0.1) is 12.4 Å². The van der Waals surface area contributed by atoms with Gasteiger partial charge in [-0.2, -0.15) is 15.0 Å². The van der Waals surface area contributed by atoms with Gasteiger partial charge in [-0.05, 0) is 13.0 Å². The molecule has 1 N–H and O–H groups in total. The first kappa shape index (κ1) is 9.64. The third-order valence-corrected chi connectivity index (χ3v) is 2.42. The number of allylic oxidation sites excluding steroid dienone is 3. The minimum absolute atomic E-state index is 0.369. The fourth-order valence-corrected chi connectivity index (χ4v) is 1.70. The monoisotopic (exact) mass is 205 g/mol. The molecule has 0 spiro atoms.